The Balaban J connectivity index is 1.46. The normalized spacial score (nSPS) is 10.8. The van der Waals surface area contributed by atoms with Crippen LogP contribution in [0.15, 0.2) is 47.4 Å². The number of nitrogens with one attached hydrogen (secondary N) is 2. The lowest BCUT2D eigenvalue weighted by Gasteiger charge is -2.18. The molecule has 0 aliphatic heterocycles. The number of carbonyl (C=O) groups excluding carboxylic acids is 2. The quantitative estimate of drug-likeness (QED) is 0.362. The predicted molar refractivity (Wildman–Crippen MR) is 122 cm³/mol. The number of methoxy groups -OCH3 is 1. The third-order valence-corrected chi connectivity index (χ3v) is 5.16. The second-order valence-electron chi connectivity index (χ2n) is 7.43. The molecule has 11 nitrogen and oxygen atoms in total. The Bertz CT molecular complexity index is 1480. The van der Waals surface area contributed by atoms with E-state index in [0.29, 0.717) is 0 Å². The number of urea groups is 1. The van der Waals surface area contributed by atoms with E-state index in [-0.39, 0.29) is 45.7 Å². The number of benzene rings is 1. The molecule has 0 unspecified atom stereocenters. The predicted octanol–water partition coefficient (Wildman–Crippen LogP) is 3.49. The maximum Gasteiger partial charge on any atom is 0.336 e. The number of aromatic nitrogens is 4. The van der Waals surface area contributed by atoms with Crippen molar-refractivity contribution in [3.05, 3.63) is 76.8 Å². The van der Waals surface area contributed by atoms with Crippen LogP contribution in [0.25, 0.3) is 16.8 Å². The number of hydrogen-bond donors (Lipinski definition) is 2. The smallest absolute Gasteiger partial charge is 0.336 e. The summed E-state index contributed by atoms with van der Waals surface area (Å²) in [7, 11) is 2.59. The summed E-state index contributed by atoms with van der Waals surface area (Å²) in [6.07, 6.45) is 3.09. The topological polar surface area (TPSA) is 127 Å². The van der Waals surface area contributed by atoms with Crippen LogP contribution in [0.3, 0.4) is 0 Å². The highest BCUT2D eigenvalue weighted by Crippen LogP contribution is 2.32. The molecule has 0 fully saturated rings. The number of rotatable bonds is 6. The molecular formula is C22H17ClF3N7O4. The molecule has 3 amide bonds. The summed E-state index contributed by atoms with van der Waals surface area (Å²) in [5, 5.41) is 10.5. The molecular weight excluding hydrogens is 519 g/mol. The van der Waals surface area contributed by atoms with E-state index in [9.17, 15) is 22.8 Å². The van der Waals surface area contributed by atoms with Crippen molar-refractivity contribution in [1.29, 1.82) is 0 Å². The van der Waals surface area contributed by atoms with Crippen molar-refractivity contribution in [2.45, 2.75) is 6.54 Å². The van der Waals surface area contributed by atoms with Gasteiger partial charge in [-0.05, 0) is 23.4 Å². The Labute approximate surface area is 211 Å². The lowest BCUT2D eigenvalue weighted by atomic mass is 10.0. The van der Waals surface area contributed by atoms with Gasteiger partial charge in [-0.1, -0.05) is 11.6 Å². The molecule has 3 aromatic heterocycles. The maximum atomic E-state index is 14.9. The molecule has 2 N–H and O–H groups in total. The van der Waals surface area contributed by atoms with Gasteiger partial charge in [0.1, 0.15) is 11.5 Å². The van der Waals surface area contributed by atoms with E-state index in [1.165, 1.54) is 32.5 Å². The van der Waals surface area contributed by atoms with Gasteiger partial charge in [-0.2, -0.15) is 5.10 Å². The maximum absolute atomic E-state index is 14.9. The van der Waals surface area contributed by atoms with Gasteiger partial charge < -0.3 is 14.6 Å². The molecule has 4 rings (SSSR count). The Morgan fingerprint density at radius 1 is 1.16 bits per heavy atom. The Morgan fingerprint density at radius 3 is 2.59 bits per heavy atom. The van der Waals surface area contributed by atoms with Crippen LogP contribution in [-0.4, -0.2) is 51.0 Å². The standard InChI is InChI=1S/C22H17ClF3N7O4/c1-32(30-21(34)18-6-19(36-2)31-37-18)22(35)28-9-17-15(25)3-11(7-27-17)14-4-12(23)5-16(26)20(14)33-10-13(24)8-29-33/h3-8,10H,9H2,1-2H3,(H,28,35)(H,30,34). The van der Waals surface area contributed by atoms with Crippen LogP contribution in [-0.2, 0) is 6.54 Å². The minimum Gasteiger partial charge on any atom is -0.479 e. The summed E-state index contributed by atoms with van der Waals surface area (Å²) in [5.74, 6) is -3.23. The monoisotopic (exact) mass is 535 g/mol. The van der Waals surface area contributed by atoms with E-state index < -0.39 is 29.4 Å². The molecule has 0 bridgehead atoms. The number of carbonyl (C=O) groups is 2. The van der Waals surface area contributed by atoms with Gasteiger partial charge in [0, 0.05) is 29.4 Å². The number of hydrazine groups is 1. The van der Waals surface area contributed by atoms with Crippen molar-refractivity contribution < 1.29 is 32.0 Å². The number of pyridine rings is 1. The van der Waals surface area contributed by atoms with Crippen molar-refractivity contribution in [1.82, 2.24) is 35.7 Å². The van der Waals surface area contributed by atoms with Gasteiger partial charge in [0.15, 0.2) is 11.6 Å². The van der Waals surface area contributed by atoms with Crippen LogP contribution in [0, 0.1) is 17.5 Å². The van der Waals surface area contributed by atoms with Crippen LogP contribution >= 0.6 is 11.6 Å². The first kappa shape index (κ1) is 25.5. The first-order valence-corrected chi connectivity index (χ1v) is 10.7. The summed E-state index contributed by atoms with van der Waals surface area (Å²) >= 11 is 5.98. The average Bonchev–Trinajstić information content (AvgIpc) is 3.51. The van der Waals surface area contributed by atoms with Gasteiger partial charge in [-0.15, -0.1) is 0 Å². The molecule has 37 heavy (non-hydrogen) atoms. The highest BCUT2D eigenvalue weighted by molar-refractivity contribution is 6.31. The molecule has 0 saturated carbocycles. The minimum absolute atomic E-state index is 0.0227. The minimum atomic E-state index is -0.823. The zero-order valence-electron chi connectivity index (χ0n) is 19.1. The fourth-order valence-corrected chi connectivity index (χ4v) is 3.39. The average molecular weight is 536 g/mol. The molecule has 0 aliphatic carbocycles. The zero-order chi connectivity index (χ0) is 26.7. The van der Waals surface area contributed by atoms with Crippen molar-refractivity contribution in [3.8, 4) is 22.7 Å². The van der Waals surface area contributed by atoms with Crippen molar-refractivity contribution in [3.63, 3.8) is 0 Å². The third kappa shape index (κ3) is 5.64. The Morgan fingerprint density at radius 2 is 1.95 bits per heavy atom. The summed E-state index contributed by atoms with van der Waals surface area (Å²) < 4.78 is 53.6. The molecule has 0 aliphatic rings. The number of ether oxygens (including phenoxy) is 1. The van der Waals surface area contributed by atoms with Gasteiger partial charge in [0.2, 0.25) is 5.76 Å². The molecule has 192 valence electrons. The van der Waals surface area contributed by atoms with Gasteiger partial charge in [-0.3, -0.25) is 15.2 Å². The Hall–Kier alpha value is -4.59. The highest BCUT2D eigenvalue weighted by Gasteiger charge is 2.20. The summed E-state index contributed by atoms with van der Waals surface area (Å²) in [5.41, 5.74) is 2.19. The van der Waals surface area contributed by atoms with E-state index in [0.717, 1.165) is 34.2 Å². The first-order chi connectivity index (χ1) is 17.7. The summed E-state index contributed by atoms with van der Waals surface area (Å²) in [6, 6.07) is 3.87. The fourth-order valence-electron chi connectivity index (χ4n) is 3.18. The second-order valence-corrected chi connectivity index (χ2v) is 7.87. The first-order valence-electron chi connectivity index (χ1n) is 10.3. The van der Waals surface area contributed by atoms with Gasteiger partial charge in [0.05, 0.1) is 37.8 Å². The lowest BCUT2D eigenvalue weighted by molar-refractivity contribution is 0.0815. The van der Waals surface area contributed by atoms with Crippen LogP contribution in [0.4, 0.5) is 18.0 Å². The summed E-state index contributed by atoms with van der Waals surface area (Å²) in [6.45, 7) is -0.345. The van der Waals surface area contributed by atoms with Gasteiger partial charge in [-0.25, -0.2) is 27.7 Å². The molecule has 0 saturated heterocycles. The van der Waals surface area contributed by atoms with E-state index in [1.807, 2.05) is 0 Å². The van der Waals surface area contributed by atoms with Crippen molar-refractivity contribution in [2.75, 3.05) is 14.2 Å². The van der Waals surface area contributed by atoms with Crippen LogP contribution in [0.2, 0.25) is 5.02 Å². The van der Waals surface area contributed by atoms with E-state index in [2.05, 4.69) is 26.0 Å². The molecule has 1 aromatic carbocycles. The largest absolute Gasteiger partial charge is 0.479 e. The van der Waals surface area contributed by atoms with Crippen molar-refractivity contribution in [2.24, 2.45) is 0 Å². The van der Waals surface area contributed by atoms with Crippen LogP contribution < -0.4 is 15.5 Å². The molecule has 0 atom stereocenters. The number of halogens is 4. The zero-order valence-corrected chi connectivity index (χ0v) is 19.9. The Kier molecular flexibility index (Phi) is 7.29. The number of hydrogen-bond acceptors (Lipinski definition) is 7. The lowest BCUT2D eigenvalue weighted by Crippen LogP contribution is -2.48. The highest BCUT2D eigenvalue weighted by atomic mass is 35.5. The van der Waals surface area contributed by atoms with Crippen LogP contribution in [0.1, 0.15) is 16.2 Å². The SMILES string of the molecule is COc1cc(C(=O)NN(C)C(=O)NCc2ncc(-c3cc(Cl)cc(F)c3-n3cc(F)cn3)cc2F)on1. The van der Waals surface area contributed by atoms with E-state index in [1.54, 1.807) is 0 Å². The molecule has 4 aromatic rings. The number of nitrogens with zero attached hydrogens (tertiary/aromatic N) is 5. The fraction of sp³-hybridized carbons (Fsp3) is 0.136. The van der Waals surface area contributed by atoms with Crippen molar-refractivity contribution >= 4 is 23.5 Å². The second kappa shape index (κ2) is 10.6. The van der Waals surface area contributed by atoms with E-state index >= 15 is 0 Å². The molecule has 3 heterocycles. The molecule has 0 radical (unpaired) electrons. The van der Waals surface area contributed by atoms with Gasteiger partial charge >= 0.3 is 11.9 Å². The molecule has 0 spiro atoms. The van der Waals surface area contributed by atoms with E-state index in [4.69, 9.17) is 20.9 Å². The summed E-state index contributed by atoms with van der Waals surface area (Å²) in [4.78, 5) is 28.4. The van der Waals surface area contributed by atoms with Crippen LogP contribution in [0.5, 0.6) is 5.88 Å². The van der Waals surface area contributed by atoms with Gasteiger partial charge in [0.25, 0.3) is 5.88 Å². The number of amides is 3. The third-order valence-electron chi connectivity index (χ3n) is 4.94. The molecule has 15 heteroatoms.